The van der Waals surface area contributed by atoms with Crippen molar-refractivity contribution < 1.29 is 37.8 Å². The third-order valence-electron chi connectivity index (χ3n) is 6.25. The van der Waals surface area contributed by atoms with Crippen LogP contribution in [0, 0.1) is 18.8 Å². The summed E-state index contributed by atoms with van der Waals surface area (Å²) in [7, 11) is 0. The molecule has 0 aromatic heterocycles. The Morgan fingerprint density at radius 3 is 2.28 bits per heavy atom. The summed E-state index contributed by atoms with van der Waals surface area (Å²) in [6, 6.07) is 7.39. The van der Waals surface area contributed by atoms with E-state index in [1.165, 1.54) is 26.0 Å². The van der Waals surface area contributed by atoms with Gasteiger partial charge in [-0.15, -0.1) is 0 Å². The highest BCUT2D eigenvalue weighted by Crippen LogP contribution is 2.55. The molecular formula is C28H33F2N3O6. The molecule has 1 aromatic carbocycles. The van der Waals surface area contributed by atoms with Crippen LogP contribution >= 0.6 is 0 Å². The van der Waals surface area contributed by atoms with Crippen LogP contribution in [0.25, 0.3) is 0 Å². The van der Waals surface area contributed by atoms with E-state index in [0.717, 1.165) is 11.1 Å². The number of hydrogen-bond acceptors (Lipinski definition) is 6. The Bertz CT molecular complexity index is 1280. The second-order valence-corrected chi connectivity index (χ2v) is 9.42. The lowest BCUT2D eigenvalue weighted by Crippen LogP contribution is -2.31. The molecule has 2 amide bonds. The van der Waals surface area contributed by atoms with E-state index < -0.39 is 47.6 Å². The van der Waals surface area contributed by atoms with E-state index in [9.17, 15) is 28.0 Å². The van der Waals surface area contributed by atoms with Crippen molar-refractivity contribution in [2.45, 2.75) is 46.6 Å². The number of nitrogens with one attached hydrogen (secondary N) is 2. The molecule has 0 heterocycles. The SMILES string of the molecule is C=C(C)/C(=C\C=C(/C)C(=O)/C(NC(=O)OC(C)c1ccccc1C)=C(/C)N)CNC(=O)C1C(C(=O)O)C1(F)F. The highest BCUT2D eigenvalue weighted by molar-refractivity contribution is 6.09. The van der Waals surface area contributed by atoms with E-state index in [0.29, 0.717) is 11.1 Å². The number of alkyl halides is 2. The molecule has 0 bridgehead atoms. The fourth-order valence-corrected chi connectivity index (χ4v) is 3.84. The van der Waals surface area contributed by atoms with Gasteiger partial charge in [-0.2, -0.15) is 0 Å². The van der Waals surface area contributed by atoms with Crippen molar-refractivity contribution in [1.29, 1.82) is 0 Å². The Balaban J connectivity index is 2.09. The zero-order chi connectivity index (χ0) is 29.7. The number of ketones is 1. The number of amides is 2. The van der Waals surface area contributed by atoms with Crippen LogP contribution in [0.1, 0.15) is 44.9 Å². The number of ether oxygens (including phenoxy) is 1. The highest BCUT2D eigenvalue weighted by atomic mass is 19.3. The monoisotopic (exact) mass is 545 g/mol. The molecule has 210 valence electrons. The maximum absolute atomic E-state index is 13.6. The van der Waals surface area contributed by atoms with Gasteiger partial charge in [0.05, 0.1) is 0 Å². The van der Waals surface area contributed by atoms with Crippen LogP contribution in [0.3, 0.4) is 0 Å². The molecule has 1 saturated carbocycles. The third-order valence-corrected chi connectivity index (χ3v) is 6.25. The van der Waals surface area contributed by atoms with Crippen LogP contribution < -0.4 is 16.4 Å². The number of alkyl carbamates (subject to hydrolysis) is 1. The van der Waals surface area contributed by atoms with Gasteiger partial charge in [0.25, 0.3) is 5.92 Å². The van der Waals surface area contributed by atoms with Crippen molar-refractivity contribution >= 4 is 23.8 Å². The second kappa shape index (κ2) is 12.5. The van der Waals surface area contributed by atoms with Crippen molar-refractivity contribution in [3.63, 3.8) is 0 Å². The van der Waals surface area contributed by atoms with Crippen molar-refractivity contribution in [3.8, 4) is 0 Å². The molecule has 0 radical (unpaired) electrons. The Kier molecular flexibility index (Phi) is 9.92. The minimum absolute atomic E-state index is 0.0444. The summed E-state index contributed by atoms with van der Waals surface area (Å²) >= 11 is 0. The van der Waals surface area contributed by atoms with Gasteiger partial charge in [-0.25, -0.2) is 13.6 Å². The first kappa shape index (κ1) is 30.9. The van der Waals surface area contributed by atoms with Gasteiger partial charge < -0.3 is 20.9 Å². The lowest BCUT2D eigenvalue weighted by atomic mass is 10.0. The summed E-state index contributed by atoms with van der Waals surface area (Å²) < 4.78 is 32.6. The lowest BCUT2D eigenvalue weighted by Gasteiger charge is -2.17. The largest absolute Gasteiger partial charge is 0.481 e. The molecule has 5 N–H and O–H groups in total. The van der Waals surface area contributed by atoms with E-state index in [1.54, 1.807) is 13.8 Å². The van der Waals surface area contributed by atoms with Crippen molar-refractivity contribution in [2.24, 2.45) is 17.6 Å². The van der Waals surface area contributed by atoms with Gasteiger partial charge in [0.2, 0.25) is 11.7 Å². The predicted octanol–water partition coefficient (Wildman–Crippen LogP) is 4.07. The number of rotatable bonds is 11. The highest BCUT2D eigenvalue weighted by Gasteiger charge is 2.75. The Morgan fingerprint density at radius 2 is 1.77 bits per heavy atom. The van der Waals surface area contributed by atoms with Crippen LogP contribution in [0.4, 0.5) is 13.6 Å². The number of aliphatic carboxylic acids is 1. The minimum Gasteiger partial charge on any atom is -0.481 e. The van der Waals surface area contributed by atoms with Crippen LogP contribution in [-0.2, 0) is 19.1 Å². The van der Waals surface area contributed by atoms with Crippen LogP contribution in [0.5, 0.6) is 0 Å². The molecule has 9 nitrogen and oxygen atoms in total. The van der Waals surface area contributed by atoms with Crippen LogP contribution in [-0.4, -0.2) is 41.3 Å². The molecule has 3 atom stereocenters. The topological polar surface area (TPSA) is 148 Å². The van der Waals surface area contributed by atoms with E-state index in [1.807, 2.05) is 31.2 Å². The first-order valence-corrected chi connectivity index (χ1v) is 12.0. The van der Waals surface area contributed by atoms with Gasteiger partial charge in [-0.3, -0.25) is 19.7 Å². The Morgan fingerprint density at radius 1 is 1.15 bits per heavy atom. The average molecular weight is 546 g/mol. The van der Waals surface area contributed by atoms with Gasteiger partial charge in [-0.05, 0) is 56.9 Å². The molecule has 11 heteroatoms. The normalized spacial score (nSPS) is 19.8. The summed E-state index contributed by atoms with van der Waals surface area (Å²) in [5.41, 5.74) is 8.48. The summed E-state index contributed by atoms with van der Waals surface area (Å²) in [4.78, 5) is 48.5. The number of allylic oxidation sites excluding steroid dienone is 4. The third kappa shape index (κ3) is 7.62. The second-order valence-electron chi connectivity index (χ2n) is 9.42. The molecule has 1 aliphatic rings. The Labute approximate surface area is 225 Å². The molecular weight excluding hydrogens is 512 g/mol. The molecule has 39 heavy (non-hydrogen) atoms. The molecule has 1 aliphatic carbocycles. The summed E-state index contributed by atoms with van der Waals surface area (Å²) in [6.45, 7) is 11.7. The fraction of sp³-hybridized carbons (Fsp3) is 0.357. The van der Waals surface area contributed by atoms with Gasteiger partial charge in [0, 0.05) is 12.2 Å². The van der Waals surface area contributed by atoms with Gasteiger partial charge >= 0.3 is 12.1 Å². The maximum Gasteiger partial charge on any atom is 0.412 e. The standard InChI is InChI=1S/C28H33F2N3O6/c1-14(2)19(13-32-25(35)21-22(26(36)37)28(21,29)30)12-11-16(4)24(34)23(17(5)31)33-27(38)39-18(6)20-10-8-7-9-15(20)3/h7-12,18,21-22H,1,13,31H2,2-6H3,(H,32,35)(H,33,38)(H,36,37)/b16-11+,19-12-,23-17+. The fourth-order valence-electron chi connectivity index (χ4n) is 3.84. The van der Waals surface area contributed by atoms with Crippen molar-refractivity contribution in [3.05, 3.63) is 82.2 Å². The number of carbonyl (C=O) groups excluding carboxylic acids is 3. The predicted molar refractivity (Wildman–Crippen MR) is 140 cm³/mol. The maximum atomic E-state index is 13.6. The lowest BCUT2D eigenvalue weighted by molar-refractivity contribution is -0.141. The first-order valence-electron chi connectivity index (χ1n) is 12.0. The van der Waals surface area contributed by atoms with Crippen LogP contribution in [0.2, 0.25) is 0 Å². The van der Waals surface area contributed by atoms with Crippen molar-refractivity contribution in [2.75, 3.05) is 6.54 Å². The van der Waals surface area contributed by atoms with Gasteiger partial charge in [-0.1, -0.05) is 48.6 Å². The van der Waals surface area contributed by atoms with E-state index in [2.05, 4.69) is 17.2 Å². The molecule has 3 unspecified atom stereocenters. The van der Waals surface area contributed by atoms with Gasteiger partial charge in [0.1, 0.15) is 23.6 Å². The molecule has 1 fully saturated rings. The molecule has 1 aromatic rings. The number of carboxylic acids is 1. The summed E-state index contributed by atoms with van der Waals surface area (Å²) in [5, 5.41) is 13.5. The summed E-state index contributed by atoms with van der Waals surface area (Å²) in [5.74, 6) is -11.0. The van der Waals surface area contributed by atoms with Crippen molar-refractivity contribution in [1.82, 2.24) is 10.6 Å². The number of carboxylic acid groups (broad SMARTS) is 1. The molecule has 2 rings (SSSR count). The Hall–Kier alpha value is -4.28. The number of Topliss-reactive ketones (excluding diaryl/α,β-unsaturated/α-hetero) is 1. The number of carbonyl (C=O) groups is 4. The van der Waals surface area contributed by atoms with E-state index >= 15 is 0 Å². The number of nitrogens with two attached hydrogens (primary N) is 1. The van der Waals surface area contributed by atoms with E-state index in [-0.39, 0.29) is 23.5 Å². The van der Waals surface area contributed by atoms with Gasteiger partial charge in [0.15, 0.2) is 0 Å². The quantitative estimate of drug-likeness (QED) is 0.242. The number of aryl methyl sites for hydroxylation is 1. The smallest absolute Gasteiger partial charge is 0.412 e. The minimum atomic E-state index is -3.61. The number of hydrogen-bond donors (Lipinski definition) is 4. The molecule has 0 spiro atoms. The average Bonchev–Trinajstić information content (AvgIpc) is 3.43. The number of halogens is 2. The zero-order valence-electron chi connectivity index (χ0n) is 22.4. The molecule has 0 aliphatic heterocycles. The molecule has 0 saturated heterocycles. The number of benzene rings is 1. The van der Waals surface area contributed by atoms with E-state index in [4.69, 9.17) is 15.6 Å². The zero-order valence-corrected chi connectivity index (χ0v) is 22.4. The first-order chi connectivity index (χ1) is 18.1. The summed E-state index contributed by atoms with van der Waals surface area (Å²) in [6.07, 6.45) is 1.40. The van der Waals surface area contributed by atoms with Crippen LogP contribution in [0.15, 0.2) is 71.1 Å².